The summed E-state index contributed by atoms with van der Waals surface area (Å²) in [6.07, 6.45) is 1.67. The Labute approximate surface area is 94.5 Å². The van der Waals surface area contributed by atoms with E-state index in [0.717, 1.165) is 0 Å². The minimum atomic E-state index is -0.521. The van der Waals surface area contributed by atoms with Crippen molar-refractivity contribution in [3.05, 3.63) is 23.2 Å². The van der Waals surface area contributed by atoms with Crippen LogP contribution in [0.4, 0.5) is 0 Å². The molecule has 1 heterocycles. The summed E-state index contributed by atoms with van der Waals surface area (Å²) in [6, 6.07) is 0. The molecule has 0 fully saturated rings. The standard InChI is InChI=1S/C11H16N2O3/c1-4-9-10(15)13-8(5-7(2)6-14)11(12-3)16-9/h5,9,14H,3-4,6H2,1-2H3,(H,13,15)/b7-5+. The summed E-state index contributed by atoms with van der Waals surface area (Å²) in [5, 5.41) is 11.6. The fourth-order valence-electron chi connectivity index (χ4n) is 1.30. The smallest absolute Gasteiger partial charge is 0.265 e. The first-order valence-electron chi connectivity index (χ1n) is 5.08. The predicted octanol–water partition coefficient (Wildman–Crippen LogP) is 0.720. The maximum absolute atomic E-state index is 11.5. The molecule has 16 heavy (non-hydrogen) atoms. The van der Waals surface area contributed by atoms with Crippen LogP contribution in [0.25, 0.3) is 0 Å². The number of ether oxygens (including phenoxy) is 1. The zero-order valence-electron chi connectivity index (χ0n) is 9.49. The van der Waals surface area contributed by atoms with E-state index in [4.69, 9.17) is 9.84 Å². The number of aliphatic hydroxyl groups excluding tert-OH is 1. The summed E-state index contributed by atoms with van der Waals surface area (Å²) in [6.45, 7) is 6.90. The molecule has 2 N–H and O–H groups in total. The van der Waals surface area contributed by atoms with Crippen molar-refractivity contribution < 1.29 is 14.6 Å². The first kappa shape index (κ1) is 12.4. The monoisotopic (exact) mass is 224 g/mol. The van der Waals surface area contributed by atoms with Crippen LogP contribution in [0.1, 0.15) is 20.3 Å². The van der Waals surface area contributed by atoms with Gasteiger partial charge in [-0.05, 0) is 31.7 Å². The molecule has 0 saturated carbocycles. The number of nitrogens with one attached hydrogen (secondary N) is 1. The molecule has 5 heteroatoms. The third-order valence-corrected chi connectivity index (χ3v) is 2.19. The van der Waals surface area contributed by atoms with Crippen LogP contribution >= 0.6 is 0 Å². The summed E-state index contributed by atoms with van der Waals surface area (Å²) < 4.78 is 5.37. The number of amides is 1. The van der Waals surface area contributed by atoms with Crippen molar-refractivity contribution in [2.75, 3.05) is 6.61 Å². The first-order chi connectivity index (χ1) is 7.62. The Hall–Kier alpha value is -1.62. The Morgan fingerprint density at radius 1 is 1.75 bits per heavy atom. The molecular formula is C11H16N2O3. The van der Waals surface area contributed by atoms with Crippen molar-refractivity contribution in [2.24, 2.45) is 4.99 Å². The number of carbonyl (C=O) groups is 1. The van der Waals surface area contributed by atoms with Crippen LogP contribution in [-0.2, 0) is 9.53 Å². The molecule has 0 aliphatic carbocycles. The highest BCUT2D eigenvalue weighted by Crippen LogP contribution is 2.18. The van der Waals surface area contributed by atoms with Crippen molar-refractivity contribution in [3.63, 3.8) is 0 Å². The molecule has 0 aromatic heterocycles. The fraction of sp³-hybridized carbons (Fsp3) is 0.455. The van der Waals surface area contributed by atoms with E-state index >= 15 is 0 Å². The minimum absolute atomic E-state index is 0.0823. The maximum Gasteiger partial charge on any atom is 0.265 e. The van der Waals surface area contributed by atoms with E-state index in [1.165, 1.54) is 0 Å². The maximum atomic E-state index is 11.5. The highest BCUT2D eigenvalue weighted by molar-refractivity contribution is 5.84. The van der Waals surface area contributed by atoms with Crippen LogP contribution in [0.5, 0.6) is 0 Å². The highest BCUT2D eigenvalue weighted by atomic mass is 16.5. The minimum Gasteiger partial charge on any atom is -0.463 e. The number of aliphatic hydroxyl groups is 1. The lowest BCUT2D eigenvalue weighted by atomic mass is 10.2. The van der Waals surface area contributed by atoms with E-state index < -0.39 is 6.10 Å². The Bertz CT molecular complexity index is 358. The fourth-order valence-corrected chi connectivity index (χ4v) is 1.30. The van der Waals surface area contributed by atoms with Gasteiger partial charge in [-0.15, -0.1) is 0 Å². The normalized spacial score (nSPS) is 21.6. The Morgan fingerprint density at radius 3 is 2.94 bits per heavy atom. The van der Waals surface area contributed by atoms with Gasteiger partial charge < -0.3 is 15.2 Å². The van der Waals surface area contributed by atoms with Crippen molar-refractivity contribution in [3.8, 4) is 0 Å². The van der Waals surface area contributed by atoms with E-state index in [1.807, 2.05) is 6.92 Å². The molecule has 1 amide bonds. The van der Waals surface area contributed by atoms with Crippen LogP contribution < -0.4 is 5.32 Å². The molecule has 1 aliphatic heterocycles. The molecule has 1 rings (SSSR count). The molecule has 0 aromatic rings. The summed E-state index contributed by atoms with van der Waals surface area (Å²) in [7, 11) is 0. The van der Waals surface area contributed by atoms with Gasteiger partial charge in [0.2, 0.25) is 5.88 Å². The molecule has 0 radical (unpaired) electrons. The van der Waals surface area contributed by atoms with Crippen LogP contribution in [0.15, 0.2) is 28.2 Å². The van der Waals surface area contributed by atoms with Gasteiger partial charge in [-0.25, -0.2) is 4.99 Å². The lowest BCUT2D eigenvalue weighted by Gasteiger charge is -2.24. The number of hydrogen-bond donors (Lipinski definition) is 2. The average molecular weight is 224 g/mol. The molecule has 1 atom stereocenters. The van der Waals surface area contributed by atoms with Crippen molar-refractivity contribution in [2.45, 2.75) is 26.4 Å². The van der Waals surface area contributed by atoms with Crippen LogP contribution in [-0.4, -0.2) is 30.4 Å². The topological polar surface area (TPSA) is 70.9 Å². The van der Waals surface area contributed by atoms with E-state index in [-0.39, 0.29) is 12.5 Å². The van der Waals surface area contributed by atoms with Gasteiger partial charge in [0.15, 0.2) is 6.10 Å². The van der Waals surface area contributed by atoms with Gasteiger partial charge >= 0.3 is 0 Å². The molecular weight excluding hydrogens is 208 g/mol. The molecule has 88 valence electrons. The van der Waals surface area contributed by atoms with Crippen LogP contribution in [0, 0.1) is 0 Å². The number of carbonyl (C=O) groups excluding carboxylic acids is 1. The van der Waals surface area contributed by atoms with Gasteiger partial charge in [-0.3, -0.25) is 4.79 Å². The number of allylic oxidation sites excluding steroid dienone is 1. The number of aliphatic imine (C=N–C) groups is 1. The second-order valence-corrected chi connectivity index (χ2v) is 3.53. The van der Waals surface area contributed by atoms with E-state index in [0.29, 0.717) is 23.6 Å². The van der Waals surface area contributed by atoms with Crippen LogP contribution in [0.3, 0.4) is 0 Å². The van der Waals surface area contributed by atoms with Crippen molar-refractivity contribution in [1.29, 1.82) is 0 Å². The molecule has 0 bridgehead atoms. The summed E-state index contributed by atoms with van der Waals surface area (Å²) >= 11 is 0. The van der Waals surface area contributed by atoms with Gasteiger partial charge in [0.05, 0.1) is 6.61 Å². The van der Waals surface area contributed by atoms with Gasteiger partial charge in [-0.1, -0.05) is 6.92 Å². The van der Waals surface area contributed by atoms with Gasteiger partial charge in [0.25, 0.3) is 5.91 Å². The third kappa shape index (κ3) is 2.70. The molecule has 5 nitrogen and oxygen atoms in total. The average Bonchev–Trinajstić information content (AvgIpc) is 2.29. The van der Waals surface area contributed by atoms with Crippen molar-refractivity contribution in [1.82, 2.24) is 5.32 Å². The molecule has 0 spiro atoms. The van der Waals surface area contributed by atoms with E-state index in [9.17, 15) is 4.79 Å². The number of nitrogens with zero attached hydrogens (tertiary/aromatic N) is 1. The lowest BCUT2D eigenvalue weighted by molar-refractivity contribution is -0.131. The second kappa shape index (κ2) is 5.46. The summed E-state index contributed by atoms with van der Waals surface area (Å²) in [5.74, 6) is 0.0890. The SMILES string of the molecule is C=NC1=C(/C=C(\C)CO)NC(=O)C(CC)O1. The van der Waals surface area contributed by atoms with Gasteiger partial charge in [-0.2, -0.15) is 0 Å². The second-order valence-electron chi connectivity index (χ2n) is 3.53. The highest BCUT2D eigenvalue weighted by Gasteiger charge is 2.26. The summed E-state index contributed by atoms with van der Waals surface area (Å²) in [5.41, 5.74) is 1.14. The zero-order valence-corrected chi connectivity index (χ0v) is 9.49. The molecule has 0 aromatic carbocycles. The number of hydrogen-bond acceptors (Lipinski definition) is 4. The quantitative estimate of drug-likeness (QED) is 0.691. The van der Waals surface area contributed by atoms with E-state index in [2.05, 4.69) is 17.0 Å². The molecule has 1 aliphatic rings. The lowest BCUT2D eigenvalue weighted by Crippen LogP contribution is -2.40. The predicted molar refractivity (Wildman–Crippen MR) is 60.7 cm³/mol. The Kier molecular flexibility index (Phi) is 4.25. The first-order valence-corrected chi connectivity index (χ1v) is 5.08. The molecule has 0 saturated heterocycles. The zero-order chi connectivity index (χ0) is 12.1. The van der Waals surface area contributed by atoms with Crippen molar-refractivity contribution >= 4 is 12.6 Å². The molecule has 1 unspecified atom stereocenters. The Morgan fingerprint density at radius 2 is 2.44 bits per heavy atom. The van der Waals surface area contributed by atoms with Gasteiger partial charge in [0, 0.05) is 0 Å². The van der Waals surface area contributed by atoms with E-state index in [1.54, 1.807) is 13.0 Å². The van der Waals surface area contributed by atoms with Gasteiger partial charge in [0.1, 0.15) is 5.70 Å². The summed E-state index contributed by atoms with van der Waals surface area (Å²) in [4.78, 5) is 15.3. The third-order valence-electron chi connectivity index (χ3n) is 2.19. The largest absolute Gasteiger partial charge is 0.463 e. The Balaban J connectivity index is 3.00. The number of rotatable bonds is 4. The van der Waals surface area contributed by atoms with Crippen LogP contribution in [0.2, 0.25) is 0 Å².